The van der Waals surface area contributed by atoms with Crippen LogP contribution in [0.15, 0.2) is 46.4 Å². The third-order valence-corrected chi connectivity index (χ3v) is 3.83. The highest BCUT2D eigenvalue weighted by Gasteiger charge is 2.08. The quantitative estimate of drug-likeness (QED) is 0.621. The van der Waals surface area contributed by atoms with Gasteiger partial charge in [0.1, 0.15) is 6.54 Å². The Labute approximate surface area is 154 Å². The first kappa shape index (κ1) is 18.2. The van der Waals surface area contributed by atoms with E-state index in [0.717, 1.165) is 11.4 Å². The van der Waals surface area contributed by atoms with E-state index in [4.69, 9.17) is 0 Å². The lowest BCUT2D eigenvalue weighted by Crippen LogP contribution is -2.35. The standard InChI is InChI=1S/C17H19N7O3/c1-12-9-13(2)24(20-12)14-3-4-17(27)23(21-14)8-7-19-15(25)10-22-11-18-6-5-16(22)26/h3-6,9,11H,7-8,10H2,1-2H3,(H,19,25). The van der Waals surface area contributed by atoms with Crippen LogP contribution in [0.25, 0.3) is 5.82 Å². The van der Waals surface area contributed by atoms with Gasteiger partial charge in [0.2, 0.25) is 5.91 Å². The number of aromatic nitrogens is 6. The molecule has 0 aliphatic rings. The maximum absolute atomic E-state index is 12.0. The fourth-order valence-electron chi connectivity index (χ4n) is 2.58. The third-order valence-electron chi connectivity index (χ3n) is 3.83. The maximum atomic E-state index is 12.0. The molecule has 0 fully saturated rings. The van der Waals surface area contributed by atoms with Crippen LogP contribution in [0.4, 0.5) is 0 Å². The molecule has 3 heterocycles. The summed E-state index contributed by atoms with van der Waals surface area (Å²) in [5.41, 5.74) is 1.17. The van der Waals surface area contributed by atoms with Crippen molar-refractivity contribution >= 4 is 5.91 Å². The van der Waals surface area contributed by atoms with Crippen molar-refractivity contribution in [1.29, 1.82) is 0 Å². The zero-order valence-electron chi connectivity index (χ0n) is 15.0. The van der Waals surface area contributed by atoms with E-state index < -0.39 is 0 Å². The zero-order chi connectivity index (χ0) is 19.4. The number of carbonyl (C=O) groups excluding carboxylic acids is 1. The van der Waals surface area contributed by atoms with Crippen molar-refractivity contribution in [2.75, 3.05) is 6.54 Å². The zero-order valence-corrected chi connectivity index (χ0v) is 15.0. The number of hydrogen-bond donors (Lipinski definition) is 1. The van der Waals surface area contributed by atoms with Gasteiger partial charge in [0, 0.05) is 30.6 Å². The SMILES string of the molecule is Cc1cc(C)n(-c2ccc(=O)n(CCNC(=O)Cn3cnccc3=O)n2)n1. The molecule has 0 aliphatic heterocycles. The summed E-state index contributed by atoms with van der Waals surface area (Å²) in [6.45, 7) is 4.03. The van der Waals surface area contributed by atoms with Gasteiger partial charge in [0.25, 0.3) is 11.1 Å². The molecule has 0 radical (unpaired) electrons. The van der Waals surface area contributed by atoms with Crippen LogP contribution in [0.3, 0.4) is 0 Å². The lowest BCUT2D eigenvalue weighted by molar-refractivity contribution is -0.121. The van der Waals surface area contributed by atoms with Gasteiger partial charge in [-0.25, -0.2) is 14.3 Å². The first-order valence-corrected chi connectivity index (χ1v) is 8.33. The van der Waals surface area contributed by atoms with Crippen LogP contribution >= 0.6 is 0 Å². The first-order valence-electron chi connectivity index (χ1n) is 8.33. The van der Waals surface area contributed by atoms with Gasteiger partial charge in [0.05, 0.1) is 18.6 Å². The summed E-state index contributed by atoms with van der Waals surface area (Å²) in [7, 11) is 0. The molecule has 1 amide bonds. The normalized spacial score (nSPS) is 10.7. The van der Waals surface area contributed by atoms with Crippen molar-refractivity contribution in [2.45, 2.75) is 26.9 Å². The van der Waals surface area contributed by atoms with Gasteiger partial charge in [-0.2, -0.15) is 5.10 Å². The molecule has 0 atom stereocenters. The number of nitrogens with zero attached hydrogens (tertiary/aromatic N) is 6. The lowest BCUT2D eigenvalue weighted by atomic mass is 10.4. The molecule has 0 aliphatic carbocycles. The number of aryl methyl sites for hydroxylation is 2. The fraction of sp³-hybridized carbons (Fsp3) is 0.294. The number of rotatable bonds is 6. The summed E-state index contributed by atoms with van der Waals surface area (Å²) >= 11 is 0. The van der Waals surface area contributed by atoms with Crippen molar-refractivity contribution in [3.8, 4) is 5.82 Å². The smallest absolute Gasteiger partial charge is 0.266 e. The molecule has 0 unspecified atom stereocenters. The molecular formula is C17H19N7O3. The summed E-state index contributed by atoms with van der Waals surface area (Å²) in [6, 6.07) is 6.21. The summed E-state index contributed by atoms with van der Waals surface area (Å²) in [5, 5.41) is 11.3. The molecule has 3 aromatic rings. The van der Waals surface area contributed by atoms with E-state index in [1.54, 1.807) is 10.7 Å². The van der Waals surface area contributed by atoms with Crippen molar-refractivity contribution in [3.63, 3.8) is 0 Å². The van der Waals surface area contributed by atoms with E-state index in [1.807, 2.05) is 19.9 Å². The predicted octanol–water partition coefficient (Wildman–Crippen LogP) is -0.581. The van der Waals surface area contributed by atoms with Gasteiger partial charge in [-0.1, -0.05) is 0 Å². The second-order valence-electron chi connectivity index (χ2n) is 5.99. The first-order chi connectivity index (χ1) is 12.9. The van der Waals surface area contributed by atoms with Crippen LogP contribution < -0.4 is 16.4 Å². The van der Waals surface area contributed by atoms with Crippen LogP contribution in [-0.4, -0.2) is 41.6 Å². The van der Waals surface area contributed by atoms with Gasteiger partial charge in [-0.05, 0) is 26.0 Å². The number of carbonyl (C=O) groups is 1. The Morgan fingerprint density at radius 3 is 2.63 bits per heavy atom. The number of nitrogens with one attached hydrogen (secondary N) is 1. The van der Waals surface area contributed by atoms with Crippen molar-refractivity contribution < 1.29 is 4.79 Å². The van der Waals surface area contributed by atoms with Crippen LogP contribution in [-0.2, 0) is 17.9 Å². The Balaban J connectivity index is 1.64. The molecule has 0 saturated carbocycles. The maximum Gasteiger partial charge on any atom is 0.266 e. The summed E-state index contributed by atoms with van der Waals surface area (Å²) in [4.78, 5) is 39.3. The fourth-order valence-corrected chi connectivity index (χ4v) is 2.58. The summed E-state index contributed by atoms with van der Waals surface area (Å²) in [5.74, 6) is 0.168. The monoisotopic (exact) mass is 369 g/mol. The summed E-state index contributed by atoms with van der Waals surface area (Å²) < 4.78 is 4.12. The Morgan fingerprint density at radius 1 is 1.11 bits per heavy atom. The van der Waals surface area contributed by atoms with Crippen LogP contribution in [0.2, 0.25) is 0 Å². The molecule has 0 bridgehead atoms. The second kappa shape index (κ2) is 7.77. The molecule has 10 nitrogen and oxygen atoms in total. The number of hydrogen-bond acceptors (Lipinski definition) is 6. The van der Waals surface area contributed by atoms with E-state index in [2.05, 4.69) is 20.5 Å². The van der Waals surface area contributed by atoms with Gasteiger partial charge in [-0.3, -0.25) is 19.0 Å². The van der Waals surface area contributed by atoms with Crippen LogP contribution in [0, 0.1) is 13.8 Å². The third kappa shape index (κ3) is 4.35. The van der Waals surface area contributed by atoms with Gasteiger partial charge < -0.3 is 5.32 Å². The van der Waals surface area contributed by atoms with E-state index in [1.165, 1.54) is 33.9 Å². The van der Waals surface area contributed by atoms with E-state index in [-0.39, 0.29) is 36.7 Å². The second-order valence-corrected chi connectivity index (χ2v) is 5.99. The minimum atomic E-state index is -0.354. The van der Waals surface area contributed by atoms with E-state index >= 15 is 0 Å². The predicted molar refractivity (Wildman–Crippen MR) is 96.6 cm³/mol. The van der Waals surface area contributed by atoms with Gasteiger partial charge in [-0.15, -0.1) is 5.10 Å². The Morgan fingerprint density at radius 2 is 1.93 bits per heavy atom. The van der Waals surface area contributed by atoms with E-state index in [0.29, 0.717) is 5.82 Å². The largest absolute Gasteiger partial charge is 0.353 e. The molecular weight excluding hydrogens is 350 g/mol. The Bertz CT molecular complexity index is 1080. The molecule has 0 aromatic carbocycles. The average molecular weight is 369 g/mol. The minimum absolute atomic E-state index is 0.138. The molecule has 0 spiro atoms. The van der Waals surface area contributed by atoms with Gasteiger partial charge >= 0.3 is 0 Å². The topological polar surface area (TPSA) is 117 Å². The highest BCUT2D eigenvalue weighted by molar-refractivity contribution is 5.75. The number of amides is 1. The molecule has 140 valence electrons. The molecule has 0 saturated heterocycles. The van der Waals surface area contributed by atoms with Crippen molar-refractivity contribution in [3.05, 3.63) is 68.9 Å². The lowest BCUT2D eigenvalue weighted by Gasteiger charge is -2.09. The minimum Gasteiger partial charge on any atom is -0.353 e. The highest BCUT2D eigenvalue weighted by Crippen LogP contribution is 2.07. The van der Waals surface area contributed by atoms with E-state index in [9.17, 15) is 14.4 Å². The molecule has 3 aromatic heterocycles. The Kier molecular flexibility index (Phi) is 5.25. The molecule has 1 N–H and O–H groups in total. The summed E-state index contributed by atoms with van der Waals surface area (Å²) in [6.07, 6.45) is 2.66. The highest BCUT2D eigenvalue weighted by atomic mass is 16.2. The van der Waals surface area contributed by atoms with Crippen molar-refractivity contribution in [1.82, 2.24) is 34.4 Å². The molecule has 27 heavy (non-hydrogen) atoms. The molecule has 3 rings (SSSR count). The van der Waals surface area contributed by atoms with Gasteiger partial charge in [0.15, 0.2) is 5.82 Å². The Hall–Kier alpha value is -3.56. The molecule has 10 heteroatoms. The van der Waals surface area contributed by atoms with Crippen LogP contribution in [0.5, 0.6) is 0 Å². The van der Waals surface area contributed by atoms with Crippen molar-refractivity contribution in [2.24, 2.45) is 0 Å². The van der Waals surface area contributed by atoms with Crippen LogP contribution in [0.1, 0.15) is 11.4 Å². The average Bonchev–Trinajstić information content (AvgIpc) is 2.97.